The highest BCUT2D eigenvalue weighted by Gasteiger charge is 2.02. The first kappa shape index (κ1) is 7.37. The van der Waals surface area contributed by atoms with Crippen molar-refractivity contribution in [3.63, 3.8) is 0 Å². The fourth-order valence-corrected chi connectivity index (χ4v) is 1.24. The largest absolute Gasteiger partial charge is 0.464 e. The van der Waals surface area contributed by atoms with Gasteiger partial charge in [-0.3, -0.25) is 0 Å². The van der Waals surface area contributed by atoms with Crippen molar-refractivity contribution in [3.8, 4) is 0 Å². The molecule has 2 heteroatoms. The lowest BCUT2D eigenvalue weighted by Gasteiger charge is -2.02. The highest BCUT2D eigenvalue weighted by molar-refractivity contribution is 5.77. The Morgan fingerprint density at radius 2 is 2.17 bits per heavy atom. The number of fused-ring (bicyclic) bond motifs is 1. The lowest BCUT2D eigenvalue weighted by molar-refractivity contribution is 0.199. The fraction of sp³-hybridized carbons (Fsp3) is 0.200. The molecule has 1 heterocycles. The van der Waals surface area contributed by atoms with E-state index in [9.17, 15) is 5.11 Å². The van der Waals surface area contributed by atoms with E-state index in [-0.39, 0.29) is 0 Å². The van der Waals surface area contributed by atoms with E-state index in [0.29, 0.717) is 0 Å². The van der Waals surface area contributed by atoms with Crippen molar-refractivity contribution in [2.24, 2.45) is 0 Å². The molecule has 1 unspecified atom stereocenters. The lowest BCUT2D eigenvalue weighted by Crippen LogP contribution is -1.88. The Bertz CT molecular complexity index is 387. The van der Waals surface area contributed by atoms with Crippen LogP contribution in [0.1, 0.15) is 18.6 Å². The fourth-order valence-electron chi connectivity index (χ4n) is 1.24. The smallest absolute Gasteiger partial charge is 0.133 e. The first-order valence-electron chi connectivity index (χ1n) is 3.92. The molecular weight excluding hydrogens is 152 g/mol. The van der Waals surface area contributed by atoms with Crippen LogP contribution in [0.25, 0.3) is 11.0 Å². The maximum absolute atomic E-state index is 9.29. The van der Waals surface area contributed by atoms with Crippen molar-refractivity contribution in [1.82, 2.24) is 0 Å². The number of rotatable bonds is 1. The Labute approximate surface area is 70.4 Å². The summed E-state index contributed by atoms with van der Waals surface area (Å²) in [5.41, 5.74) is 1.78. The third-order valence-corrected chi connectivity index (χ3v) is 1.96. The van der Waals surface area contributed by atoms with Gasteiger partial charge in [0, 0.05) is 5.39 Å². The zero-order valence-electron chi connectivity index (χ0n) is 6.82. The summed E-state index contributed by atoms with van der Waals surface area (Å²) in [4.78, 5) is 0. The van der Waals surface area contributed by atoms with Crippen molar-refractivity contribution >= 4 is 11.0 Å². The molecule has 0 saturated heterocycles. The molecule has 12 heavy (non-hydrogen) atoms. The molecule has 0 bridgehead atoms. The van der Waals surface area contributed by atoms with Gasteiger partial charge in [-0.25, -0.2) is 0 Å². The van der Waals surface area contributed by atoms with Crippen LogP contribution in [-0.4, -0.2) is 5.11 Å². The highest BCUT2D eigenvalue weighted by atomic mass is 16.3. The van der Waals surface area contributed by atoms with Crippen LogP contribution in [0.3, 0.4) is 0 Å². The van der Waals surface area contributed by atoms with Crippen molar-refractivity contribution in [1.29, 1.82) is 0 Å². The van der Waals surface area contributed by atoms with E-state index in [4.69, 9.17) is 4.42 Å². The summed E-state index contributed by atoms with van der Waals surface area (Å²) in [5.74, 6) is 0. The average Bonchev–Trinajstić information content (AvgIpc) is 2.49. The first-order valence-corrected chi connectivity index (χ1v) is 3.92. The molecule has 0 aliphatic rings. The normalized spacial score (nSPS) is 13.5. The Balaban J connectivity index is 2.60. The summed E-state index contributed by atoms with van der Waals surface area (Å²) in [7, 11) is 0. The van der Waals surface area contributed by atoms with Gasteiger partial charge in [0.25, 0.3) is 0 Å². The Morgan fingerprint density at radius 1 is 1.33 bits per heavy atom. The van der Waals surface area contributed by atoms with Gasteiger partial charge in [-0.15, -0.1) is 0 Å². The van der Waals surface area contributed by atoms with Gasteiger partial charge in [0.15, 0.2) is 0 Å². The van der Waals surface area contributed by atoms with Gasteiger partial charge < -0.3 is 9.52 Å². The van der Waals surface area contributed by atoms with Crippen LogP contribution in [0.15, 0.2) is 34.9 Å². The number of benzene rings is 1. The quantitative estimate of drug-likeness (QED) is 0.698. The van der Waals surface area contributed by atoms with Crippen molar-refractivity contribution in [2.75, 3.05) is 0 Å². The molecule has 0 aliphatic carbocycles. The summed E-state index contributed by atoms with van der Waals surface area (Å²) in [6.45, 7) is 1.75. The second-order valence-electron chi connectivity index (χ2n) is 2.89. The van der Waals surface area contributed by atoms with Crippen LogP contribution in [0.5, 0.6) is 0 Å². The average molecular weight is 162 g/mol. The topological polar surface area (TPSA) is 33.4 Å². The predicted octanol–water partition coefficient (Wildman–Crippen LogP) is 2.49. The molecule has 62 valence electrons. The van der Waals surface area contributed by atoms with Crippen molar-refractivity contribution in [3.05, 3.63) is 36.1 Å². The number of aliphatic hydroxyl groups is 1. The summed E-state index contributed by atoms with van der Waals surface area (Å²) >= 11 is 0. The van der Waals surface area contributed by atoms with Gasteiger partial charge in [-0.05, 0) is 30.7 Å². The SMILES string of the molecule is CC(O)c1ccc2occc2c1. The summed E-state index contributed by atoms with van der Waals surface area (Å²) in [6.07, 6.45) is 1.24. The maximum Gasteiger partial charge on any atom is 0.133 e. The maximum atomic E-state index is 9.29. The van der Waals surface area contributed by atoms with Crippen molar-refractivity contribution < 1.29 is 9.52 Å². The molecule has 0 amide bonds. The van der Waals surface area contributed by atoms with Gasteiger partial charge in [0.1, 0.15) is 5.58 Å². The second-order valence-corrected chi connectivity index (χ2v) is 2.89. The van der Waals surface area contributed by atoms with Gasteiger partial charge in [-0.2, -0.15) is 0 Å². The first-order chi connectivity index (χ1) is 5.77. The van der Waals surface area contributed by atoms with E-state index in [1.54, 1.807) is 13.2 Å². The molecule has 2 aromatic rings. The standard InChI is InChI=1S/C10H10O2/c1-7(11)8-2-3-10-9(6-8)4-5-12-10/h2-7,11H,1H3. The molecule has 1 N–H and O–H groups in total. The van der Waals surface area contributed by atoms with Gasteiger partial charge >= 0.3 is 0 Å². The van der Waals surface area contributed by atoms with E-state index in [1.807, 2.05) is 24.3 Å². The minimum Gasteiger partial charge on any atom is -0.464 e. The Hall–Kier alpha value is -1.28. The van der Waals surface area contributed by atoms with Gasteiger partial charge in [0.05, 0.1) is 12.4 Å². The van der Waals surface area contributed by atoms with Gasteiger partial charge in [-0.1, -0.05) is 6.07 Å². The van der Waals surface area contributed by atoms with Crippen LogP contribution in [0.2, 0.25) is 0 Å². The third-order valence-electron chi connectivity index (χ3n) is 1.96. The number of hydrogen-bond acceptors (Lipinski definition) is 2. The number of furan rings is 1. The van der Waals surface area contributed by atoms with E-state index < -0.39 is 6.10 Å². The number of hydrogen-bond donors (Lipinski definition) is 1. The van der Waals surface area contributed by atoms with Crippen LogP contribution in [0.4, 0.5) is 0 Å². The molecule has 1 aromatic carbocycles. The number of aliphatic hydroxyl groups excluding tert-OH is 1. The van der Waals surface area contributed by atoms with Crippen molar-refractivity contribution in [2.45, 2.75) is 13.0 Å². The molecule has 0 radical (unpaired) electrons. The second kappa shape index (κ2) is 2.64. The van der Waals surface area contributed by atoms with Crippen LogP contribution in [-0.2, 0) is 0 Å². The molecule has 1 atom stereocenters. The highest BCUT2D eigenvalue weighted by Crippen LogP contribution is 2.20. The lowest BCUT2D eigenvalue weighted by atomic mass is 10.1. The molecular formula is C10H10O2. The monoisotopic (exact) mass is 162 g/mol. The molecule has 1 aromatic heterocycles. The molecule has 2 nitrogen and oxygen atoms in total. The zero-order valence-corrected chi connectivity index (χ0v) is 6.82. The van der Waals surface area contributed by atoms with E-state index in [0.717, 1.165) is 16.5 Å². The zero-order chi connectivity index (χ0) is 8.55. The molecule has 0 spiro atoms. The van der Waals surface area contributed by atoms with E-state index in [2.05, 4.69) is 0 Å². The third kappa shape index (κ3) is 1.10. The Kier molecular flexibility index (Phi) is 1.62. The van der Waals surface area contributed by atoms with Crippen LogP contribution >= 0.6 is 0 Å². The van der Waals surface area contributed by atoms with Crippen LogP contribution in [0, 0.1) is 0 Å². The van der Waals surface area contributed by atoms with Gasteiger partial charge in [0.2, 0.25) is 0 Å². The summed E-state index contributed by atoms with van der Waals surface area (Å²) in [5, 5.41) is 10.3. The predicted molar refractivity (Wildman–Crippen MR) is 46.8 cm³/mol. The summed E-state index contributed by atoms with van der Waals surface area (Å²) in [6, 6.07) is 7.57. The molecule has 0 aliphatic heterocycles. The Morgan fingerprint density at radius 3 is 2.92 bits per heavy atom. The molecule has 2 rings (SSSR count). The van der Waals surface area contributed by atoms with E-state index >= 15 is 0 Å². The minimum atomic E-state index is -0.413. The van der Waals surface area contributed by atoms with Crippen LogP contribution < -0.4 is 0 Å². The minimum absolute atomic E-state index is 0.413. The van der Waals surface area contributed by atoms with E-state index in [1.165, 1.54) is 0 Å². The molecule has 0 fully saturated rings. The summed E-state index contributed by atoms with van der Waals surface area (Å²) < 4.78 is 5.17. The molecule has 0 saturated carbocycles.